The molecule has 2 aromatic heterocycles. The van der Waals surface area contributed by atoms with E-state index in [1.807, 2.05) is 17.5 Å². The molecule has 0 aromatic carbocycles. The van der Waals surface area contributed by atoms with Crippen molar-refractivity contribution >= 4 is 23.3 Å². The van der Waals surface area contributed by atoms with Gasteiger partial charge in [0.15, 0.2) is 0 Å². The van der Waals surface area contributed by atoms with Crippen LogP contribution in [0.15, 0.2) is 46.4 Å². The fraction of sp³-hybridized carbons (Fsp3) is 0.267. The maximum atomic E-state index is 11.7. The molecule has 0 saturated heterocycles. The number of amides is 1. The summed E-state index contributed by atoms with van der Waals surface area (Å²) < 4.78 is 5.19. The van der Waals surface area contributed by atoms with Crippen LogP contribution < -0.4 is 5.32 Å². The number of thiophene rings is 1. The number of furan rings is 1. The molecule has 0 radical (unpaired) electrons. The third kappa shape index (κ3) is 4.68. The van der Waals surface area contributed by atoms with E-state index in [9.17, 15) is 9.90 Å². The maximum Gasteiger partial charge on any atom is 0.244 e. The van der Waals surface area contributed by atoms with Crippen LogP contribution in [0.1, 0.15) is 17.6 Å². The SMILES string of the molecule is CC(O)(CNC(=O)/C=C/c1cccs1)Cc1ccco1. The van der Waals surface area contributed by atoms with Crippen LogP contribution in [0.25, 0.3) is 6.08 Å². The van der Waals surface area contributed by atoms with Crippen molar-refractivity contribution in [2.75, 3.05) is 6.54 Å². The molecule has 0 bridgehead atoms. The quantitative estimate of drug-likeness (QED) is 0.804. The lowest BCUT2D eigenvalue weighted by Crippen LogP contribution is -2.41. The topological polar surface area (TPSA) is 62.5 Å². The number of carbonyl (C=O) groups is 1. The number of aliphatic hydroxyl groups is 1. The zero-order valence-corrected chi connectivity index (χ0v) is 12.0. The molecule has 106 valence electrons. The molecule has 2 aromatic rings. The molecule has 2 heterocycles. The zero-order valence-electron chi connectivity index (χ0n) is 11.2. The molecule has 0 saturated carbocycles. The lowest BCUT2D eigenvalue weighted by Gasteiger charge is -2.22. The molecule has 2 N–H and O–H groups in total. The molecule has 0 aliphatic carbocycles. The highest BCUT2D eigenvalue weighted by atomic mass is 32.1. The lowest BCUT2D eigenvalue weighted by atomic mass is 10.0. The lowest BCUT2D eigenvalue weighted by molar-refractivity contribution is -0.117. The van der Waals surface area contributed by atoms with E-state index < -0.39 is 5.60 Å². The van der Waals surface area contributed by atoms with E-state index in [4.69, 9.17) is 4.42 Å². The van der Waals surface area contributed by atoms with Crippen molar-refractivity contribution in [3.63, 3.8) is 0 Å². The molecule has 20 heavy (non-hydrogen) atoms. The molecule has 0 aliphatic rings. The van der Waals surface area contributed by atoms with Crippen molar-refractivity contribution in [3.8, 4) is 0 Å². The van der Waals surface area contributed by atoms with Crippen molar-refractivity contribution < 1.29 is 14.3 Å². The minimum atomic E-state index is -1.04. The monoisotopic (exact) mass is 291 g/mol. The van der Waals surface area contributed by atoms with Gasteiger partial charge in [0.2, 0.25) is 5.91 Å². The van der Waals surface area contributed by atoms with Gasteiger partial charge in [-0.3, -0.25) is 4.79 Å². The summed E-state index contributed by atoms with van der Waals surface area (Å²) in [5, 5.41) is 14.8. The van der Waals surface area contributed by atoms with Crippen LogP contribution in [0.4, 0.5) is 0 Å². The first-order chi connectivity index (χ1) is 9.55. The van der Waals surface area contributed by atoms with Crippen LogP contribution in [-0.2, 0) is 11.2 Å². The van der Waals surface area contributed by atoms with E-state index in [0.717, 1.165) is 4.88 Å². The summed E-state index contributed by atoms with van der Waals surface area (Å²) in [7, 11) is 0. The summed E-state index contributed by atoms with van der Waals surface area (Å²) in [5.41, 5.74) is -1.04. The van der Waals surface area contributed by atoms with Gasteiger partial charge in [0.1, 0.15) is 5.76 Å². The van der Waals surface area contributed by atoms with Crippen LogP contribution in [0.2, 0.25) is 0 Å². The summed E-state index contributed by atoms with van der Waals surface area (Å²) in [6.07, 6.45) is 5.14. The minimum absolute atomic E-state index is 0.168. The second kappa shape index (κ2) is 6.54. The summed E-state index contributed by atoms with van der Waals surface area (Å²) in [4.78, 5) is 12.7. The van der Waals surface area contributed by atoms with Crippen molar-refractivity contribution in [3.05, 3.63) is 52.6 Å². The third-order valence-electron chi connectivity index (χ3n) is 2.72. The highest BCUT2D eigenvalue weighted by molar-refractivity contribution is 7.10. The van der Waals surface area contributed by atoms with E-state index in [1.165, 1.54) is 6.08 Å². The Bertz CT molecular complexity index is 556. The smallest absolute Gasteiger partial charge is 0.244 e. The van der Waals surface area contributed by atoms with Crippen molar-refractivity contribution in [2.24, 2.45) is 0 Å². The summed E-state index contributed by atoms with van der Waals surface area (Å²) in [6.45, 7) is 1.83. The Morgan fingerprint density at radius 2 is 2.35 bits per heavy atom. The summed E-state index contributed by atoms with van der Waals surface area (Å²) in [6, 6.07) is 7.43. The van der Waals surface area contributed by atoms with Crippen molar-refractivity contribution in [1.82, 2.24) is 5.32 Å². The van der Waals surface area contributed by atoms with Gasteiger partial charge in [-0.15, -0.1) is 11.3 Å². The Morgan fingerprint density at radius 3 is 3.00 bits per heavy atom. The van der Waals surface area contributed by atoms with Gasteiger partial charge >= 0.3 is 0 Å². The second-order valence-electron chi connectivity index (χ2n) is 4.82. The average Bonchev–Trinajstić information content (AvgIpc) is 3.06. The van der Waals surface area contributed by atoms with Crippen LogP contribution in [0, 0.1) is 0 Å². The van der Waals surface area contributed by atoms with E-state index in [-0.39, 0.29) is 12.5 Å². The van der Waals surface area contributed by atoms with Gasteiger partial charge in [0.25, 0.3) is 0 Å². The maximum absolute atomic E-state index is 11.7. The molecule has 1 amide bonds. The Hall–Kier alpha value is -1.85. The fourth-order valence-corrected chi connectivity index (χ4v) is 2.35. The molecular weight excluding hydrogens is 274 g/mol. The molecule has 2 rings (SSSR count). The van der Waals surface area contributed by atoms with Crippen LogP contribution in [0.3, 0.4) is 0 Å². The standard InChI is InChI=1S/C15H17NO3S/c1-15(18,10-12-4-2-8-19-12)11-16-14(17)7-6-13-5-3-9-20-13/h2-9,18H,10-11H2,1H3,(H,16,17)/b7-6+. The highest BCUT2D eigenvalue weighted by Crippen LogP contribution is 2.13. The predicted octanol–water partition coefficient (Wildman–Crippen LogP) is 2.46. The van der Waals surface area contributed by atoms with E-state index in [0.29, 0.717) is 12.2 Å². The van der Waals surface area contributed by atoms with Gasteiger partial charge < -0.3 is 14.8 Å². The van der Waals surface area contributed by atoms with Gasteiger partial charge in [-0.05, 0) is 36.6 Å². The van der Waals surface area contributed by atoms with Crippen LogP contribution in [0.5, 0.6) is 0 Å². The number of carbonyl (C=O) groups excluding carboxylic acids is 1. The Kier molecular flexibility index (Phi) is 4.76. The third-order valence-corrected chi connectivity index (χ3v) is 3.56. The van der Waals surface area contributed by atoms with E-state index in [1.54, 1.807) is 42.7 Å². The van der Waals surface area contributed by atoms with Crippen molar-refractivity contribution in [2.45, 2.75) is 18.9 Å². The zero-order chi connectivity index (χ0) is 14.4. The molecule has 5 heteroatoms. The minimum Gasteiger partial charge on any atom is -0.469 e. The fourth-order valence-electron chi connectivity index (χ4n) is 1.73. The normalized spacial score (nSPS) is 14.3. The number of nitrogens with one attached hydrogen (secondary N) is 1. The van der Waals surface area contributed by atoms with E-state index >= 15 is 0 Å². The van der Waals surface area contributed by atoms with Gasteiger partial charge in [0, 0.05) is 23.9 Å². The van der Waals surface area contributed by atoms with Gasteiger partial charge in [-0.1, -0.05) is 6.07 Å². The number of hydrogen-bond donors (Lipinski definition) is 2. The second-order valence-corrected chi connectivity index (χ2v) is 5.80. The molecule has 1 unspecified atom stereocenters. The van der Waals surface area contributed by atoms with Crippen LogP contribution >= 0.6 is 11.3 Å². The Labute approximate surface area is 121 Å². The molecule has 0 aliphatic heterocycles. The largest absolute Gasteiger partial charge is 0.469 e. The van der Waals surface area contributed by atoms with Gasteiger partial charge in [-0.25, -0.2) is 0 Å². The average molecular weight is 291 g/mol. The summed E-state index contributed by atoms with van der Waals surface area (Å²) in [5.74, 6) is 0.469. The van der Waals surface area contributed by atoms with E-state index in [2.05, 4.69) is 5.32 Å². The first-order valence-corrected chi connectivity index (χ1v) is 7.17. The Morgan fingerprint density at radius 1 is 1.50 bits per heavy atom. The predicted molar refractivity (Wildman–Crippen MR) is 79.4 cm³/mol. The Balaban J connectivity index is 1.80. The number of rotatable bonds is 6. The molecule has 4 nitrogen and oxygen atoms in total. The number of hydrogen-bond acceptors (Lipinski definition) is 4. The van der Waals surface area contributed by atoms with Gasteiger partial charge in [0.05, 0.1) is 11.9 Å². The molecular formula is C15H17NO3S. The summed E-state index contributed by atoms with van der Waals surface area (Å²) >= 11 is 1.56. The molecule has 0 fully saturated rings. The first-order valence-electron chi connectivity index (χ1n) is 6.29. The first kappa shape index (κ1) is 14.6. The van der Waals surface area contributed by atoms with Gasteiger partial charge in [-0.2, -0.15) is 0 Å². The molecule has 1 atom stereocenters. The molecule has 0 spiro atoms. The van der Waals surface area contributed by atoms with Crippen molar-refractivity contribution in [1.29, 1.82) is 0 Å². The highest BCUT2D eigenvalue weighted by Gasteiger charge is 2.22. The van der Waals surface area contributed by atoms with Crippen LogP contribution in [-0.4, -0.2) is 23.2 Å².